The fourth-order valence-electron chi connectivity index (χ4n) is 3.33. The predicted octanol–water partition coefficient (Wildman–Crippen LogP) is 2.60. The number of likely N-dealkylation sites (N-methyl/N-ethyl adjacent to an activating group) is 1. The summed E-state index contributed by atoms with van der Waals surface area (Å²) < 4.78 is 0. The first-order valence-electron chi connectivity index (χ1n) is 6.63. The first-order chi connectivity index (χ1) is 8.40. The highest BCUT2D eigenvalue weighted by Gasteiger charge is 2.36. The van der Waals surface area contributed by atoms with Crippen molar-refractivity contribution in [1.29, 1.82) is 0 Å². The van der Waals surface area contributed by atoms with Crippen molar-refractivity contribution in [2.75, 3.05) is 12.8 Å². The van der Waals surface area contributed by atoms with E-state index in [-0.39, 0.29) is 0 Å². The van der Waals surface area contributed by atoms with Gasteiger partial charge in [-0.2, -0.15) is 11.8 Å². The van der Waals surface area contributed by atoms with Gasteiger partial charge in [-0.3, -0.25) is 4.98 Å². The molecule has 3 heteroatoms. The minimum atomic E-state index is 0.610. The van der Waals surface area contributed by atoms with Crippen LogP contribution in [0.25, 0.3) is 0 Å². The van der Waals surface area contributed by atoms with Gasteiger partial charge in [0.15, 0.2) is 0 Å². The van der Waals surface area contributed by atoms with E-state index < -0.39 is 0 Å². The third-order valence-corrected chi connectivity index (χ3v) is 5.62. The fraction of sp³-hybridized carbons (Fsp3) is 0.643. The van der Waals surface area contributed by atoms with Gasteiger partial charge in [-0.15, -0.1) is 0 Å². The fourth-order valence-corrected chi connectivity index (χ4v) is 4.83. The molecule has 17 heavy (non-hydrogen) atoms. The summed E-state index contributed by atoms with van der Waals surface area (Å²) >= 11 is 2.15. The molecule has 92 valence electrons. The van der Waals surface area contributed by atoms with Gasteiger partial charge in [-0.1, -0.05) is 6.07 Å². The first kappa shape index (κ1) is 11.5. The van der Waals surface area contributed by atoms with Crippen LogP contribution in [-0.4, -0.2) is 29.1 Å². The number of nitrogens with zero attached hydrogens (tertiary/aromatic N) is 1. The van der Waals surface area contributed by atoms with E-state index in [4.69, 9.17) is 0 Å². The molecule has 1 aromatic rings. The minimum absolute atomic E-state index is 0.610. The maximum atomic E-state index is 4.63. The Morgan fingerprint density at radius 3 is 3.18 bits per heavy atom. The Morgan fingerprint density at radius 2 is 2.41 bits per heavy atom. The molecule has 2 aliphatic rings. The average Bonchev–Trinajstić information content (AvgIpc) is 3.01. The Hall–Kier alpha value is -0.540. The number of aryl methyl sites for hydroxylation is 1. The van der Waals surface area contributed by atoms with E-state index in [1.807, 2.05) is 6.20 Å². The average molecular weight is 248 g/mol. The van der Waals surface area contributed by atoms with Gasteiger partial charge in [0.2, 0.25) is 0 Å². The Balaban J connectivity index is 1.84. The van der Waals surface area contributed by atoms with Gasteiger partial charge < -0.3 is 5.32 Å². The molecule has 1 aliphatic carbocycles. The van der Waals surface area contributed by atoms with Gasteiger partial charge in [0, 0.05) is 29.1 Å². The van der Waals surface area contributed by atoms with Crippen LogP contribution in [0.5, 0.6) is 0 Å². The molecule has 0 aromatic carbocycles. The van der Waals surface area contributed by atoms with E-state index in [0.29, 0.717) is 12.0 Å². The summed E-state index contributed by atoms with van der Waals surface area (Å²) in [6.07, 6.45) is 7.19. The highest BCUT2D eigenvalue weighted by atomic mass is 32.2. The molecule has 0 spiro atoms. The molecule has 3 atom stereocenters. The molecule has 0 amide bonds. The highest BCUT2D eigenvalue weighted by molar-refractivity contribution is 8.00. The Labute approximate surface area is 108 Å². The van der Waals surface area contributed by atoms with Crippen LogP contribution < -0.4 is 5.32 Å². The molecule has 1 aromatic heterocycles. The number of pyridine rings is 1. The maximum Gasteiger partial charge on any atom is 0.0482 e. The summed E-state index contributed by atoms with van der Waals surface area (Å²) in [5, 5.41) is 4.36. The van der Waals surface area contributed by atoms with Crippen LogP contribution in [0.1, 0.15) is 36.4 Å². The zero-order valence-corrected chi connectivity index (χ0v) is 11.2. The normalized spacial score (nSPS) is 29.2. The highest BCUT2D eigenvalue weighted by Crippen LogP contribution is 2.40. The molecule has 2 heterocycles. The van der Waals surface area contributed by atoms with Crippen molar-refractivity contribution in [2.24, 2.45) is 0 Å². The number of thioether (sulfide) groups is 1. The summed E-state index contributed by atoms with van der Waals surface area (Å²) in [5.74, 6) is 1.97. The molecule has 1 aliphatic heterocycles. The number of fused-ring (bicyclic) bond motifs is 1. The van der Waals surface area contributed by atoms with Crippen molar-refractivity contribution in [3.05, 3.63) is 29.6 Å². The molecular formula is C14H20N2S. The van der Waals surface area contributed by atoms with Crippen LogP contribution in [0.3, 0.4) is 0 Å². The molecule has 2 nitrogen and oxygen atoms in total. The van der Waals surface area contributed by atoms with Gasteiger partial charge in [0.25, 0.3) is 0 Å². The number of rotatable bonds is 3. The van der Waals surface area contributed by atoms with Crippen molar-refractivity contribution in [3.63, 3.8) is 0 Å². The summed E-state index contributed by atoms with van der Waals surface area (Å²) in [6, 6.07) is 4.93. The molecule has 0 saturated carbocycles. The van der Waals surface area contributed by atoms with Crippen molar-refractivity contribution < 1.29 is 0 Å². The Bertz CT molecular complexity index is 388. The summed E-state index contributed by atoms with van der Waals surface area (Å²) in [7, 11) is 2.12. The predicted molar refractivity (Wildman–Crippen MR) is 73.6 cm³/mol. The van der Waals surface area contributed by atoms with Crippen LogP contribution in [-0.2, 0) is 6.42 Å². The van der Waals surface area contributed by atoms with E-state index >= 15 is 0 Å². The molecular weight excluding hydrogens is 228 g/mol. The third-order valence-electron chi connectivity index (χ3n) is 4.13. The molecule has 1 fully saturated rings. The van der Waals surface area contributed by atoms with Crippen LogP contribution >= 0.6 is 11.8 Å². The van der Waals surface area contributed by atoms with Crippen molar-refractivity contribution >= 4 is 11.8 Å². The van der Waals surface area contributed by atoms with Gasteiger partial charge in [0.05, 0.1) is 0 Å². The lowest BCUT2D eigenvalue weighted by molar-refractivity contribution is 0.432. The van der Waals surface area contributed by atoms with Crippen LogP contribution in [0.2, 0.25) is 0 Å². The van der Waals surface area contributed by atoms with Crippen LogP contribution in [0, 0.1) is 0 Å². The number of nitrogens with one attached hydrogen (secondary N) is 1. The second-order valence-corrected chi connectivity index (χ2v) is 6.41. The van der Waals surface area contributed by atoms with E-state index in [1.165, 1.54) is 42.7 Å². The van der Waals surface area contributed by atoms with E-state index in [0.717, 1.165) is 5.25 Å². The largest absolute Gasteiger partial charge is 0.315 e. The number of hydrogen-bond donors (Lipinski definition) is 1. The van der Waals surface area contributed by atoms with Crippen molar-refractivity contribution in [3.8, 4) is 0 Å². The molecule has 0 bridgehead atoms. The van der Waals surface area contributed by atoms with E-state index in [9.17, 15) is 0 Å². The zero-order valence-electron chi connectivity index (χ0n) is 10.4. The van der Waals surface area contributed by atoms with Crippen molar-refractivity contribution in [1.82, 2.24) is 10.3 Å². The second kappa shape index (κ2) is 4.99. The zero-order chi connectivity index (χ0) is 11.7. The first-order valence-corrected chi connectivity index (χ1v) is 7.67. The lowest BCUT2D eigenvalue weighted by atomic mass is 9.92. The van der Waals surface area contributed by atoms with Crippen LogP contribution in [0.4, 0.5) is 0 Å². The summed E-state index contributed by atoms with van der Waals surface area (Å²) in [4.78, 5) is 4.63. The lowest BCUT2D eigenvalue weighted by Gasteiger charge is -2.28. The standard InChI is InChI=1S/C14H20N2S/c1-15-14(12-5-3-9-17-12)11-7-6-10-4-2-8-16-13(10)11/h2,4,8,11-12,14-15H,3,5-7,9H2,1H3. The Kier molecular flexibility index (Phi) is 3.39. The van der Waals surface area contributed by atoms with E-state index in [2.05, 4.69) is 41.2 Å². The van der Waals surface area contributed by atoms with Gasteiger partial charge in [-0.05, 0) is 50.1 Å². The second-order valence-electron chi connectivity index (χ2n) is 5.06. The molecule has 1 N–H and O–H groups in total. The van der Waals surface area contributed by atoms with Gasteiger partial charge in [0.1, 0.15) is 0 Å². The van der Waals surface area contributed by atoms with Crippen molar-refractivity contribution in [2.45, 2.75) is 42.9 Å². The van der Waals surface area contributed by atoms with Gasteiger partial charge in [-0.25, -0.2) is 0 Å². The Morgan fingerprint density at radius 1 is 1.47 bits per heavy atom. The molecule has 3 unspecified atom stereocenters. The maximum absolute atomic E-state index is 4.63. The van der Waals surface area contributed by atoms with E-state index in [1.54, 1.807) is 0 Å². The summed E-state index contributed by atoms with van der Waals surface area (Å²) in [5.41, 5.74) is 2.83. The van der Waals surface area contributed by atoms with Gasteiger partial charge >= 0.3 is 0 Å². The van der Waals surface area contributed by atoms with Crippen LogP contribution in [0.15, 0.2) is 18.3 Å². The number of aromatic nitrogens is 1. The third kappa shape index (κ3) is 2.11. The molecule has 1 saturated heterocycles. The molecule has 0 radical (unpaired) electrons. The minimum Gasteiger partial charge on any atom is -0.315 e. The topological polar surface area (TPSA) is 24.9 Å². The molecule has 3 rings (SSSR count). The summed E-state index contributed by atoms with van der Waals surface area (Å²) in [6.45, 7) is 0. The lowest BCUT2D eigenvalue weighted by Crippen LogP contribution is -2.39. The monoisotopic (exact) mass is 248 g/mol. The SMILES string of the molecule is CNC(C1CCCS1)C1CCc2cccnc21. The quantitative estimate of drug-likeness (QED) is 0.890. The smallest absolute Gasteiger partial charge is 0.0482 e. The number of hydrogen-bond acceptors (Lipinski definition) is 3.